The monoisotopic (exact) mass is 291 g/mol. The van der Waals surface area contributed by atoms with E-state index in [0.717, 1.165) is 19.1 Å². The third-order valence-electron chi connectivity index (χ3n) is 3.10. The maximum absolute atomic E-state index is 11.7. The van der Waals surface area contributed by atoms with Gasteiger partial charge in [0.2, 0.25) is 15.9 Å². The molecule has 112 valence electrons. The number of sulfonamides is 1. The molecule has 0 unspecified atom stereocenters. The van der Waals surface area contributed by atoms with Crippen molar-refractivity contribution < 1.29 is 13.2 Å². The fourth-order valence-corrected chi connectivity index (χ4v) is 3.36. The first-order valence-electron chi connectivity index (χ1n) is 6.67. The van der Waals surface area contributed by atoms with Crippen LogP contribution in [0.3, 0.4) is 0 Å². The van der Waals surface area contributed by atoms with Crippen LogP contribution in [0.25, 0.3) is 0 Å². The summed E-state index contributed by atoms with van der Waals surface area (Å²) in [6.45, 7) is 4.03. The van der Waals surface area contributed by atoms with Gasteiger partial charge in [0.05, 0.1) is 12.8 Å². The molecule has 0 spiro atoms. The summed E-state index contributed by atoms with van der Waals surface area (Å²) in [5, 5.41) is 5.96. The van der Waals surface area contributed by atoms with E-state index < -0.39 is 15.6 Å². The Bertz CT molecular complexity index is 400. The number of carbonyl (C=O) groups excluding carboxylic acids is 1. The molecular weight excluding hydrogens is 266 g/mol. The van der Waals surface area contributed by atoms with Crippen LogP contribution in [0.15, 0.2) is 0 Å². The first kappa shape index (κ1) is 16.4. The predicted octanol–water partition coefficient (Wildman–Crippen LogP) is -0.0374. The molecular formula is C12H25N3O3S. The van der Waals surface area contributed by atoms with E-state index in [1.165, 1.54) is 12.8 Å². The minimum Gasteiger partial charge on any atom is -0.353 e. The van der Waals surface area contributed by atoms with Crippen molar-refractivity contribution in [2.24, 2.45) is 0 Å². The van der Waals surface area contributed by atoms with E-state index in [4.69, 9.17) is 0 Å². The van der Waals surface area contributed by atoms with Gasteiger partial charge in [0.1, 0.15) is 0 Å². The first-order valence-corrected chi connectivity index (χ1v) is 8.56. The quantitative estimate of drug-likeness (QED) is 0.614. The molecule has 1 amide bonds. The van der Waals surface area contributed by atoms with Crippen molar-refractivity contribution >= 4 is 15.9 Å². The third kappa shape index (κ3) is 7.49. The van der Waals surface area contributed by atoms with Gasteiger partial charge in [-0.05, 0) is 26.7 Å². The molecule has 19 heavy (non-hydrogen) atoms. The predicted molar refractivity (Wildman–Crippen MR) is 75.3 cm³/mol. The third-order valence-corrected chi connectivity index (χ3v) is 4.02. The zero-order chi connectivity index (χ0) is 14.5. The number of rotatable bonds is 7. The first-order chi connectivity index (χ1) is 8.68. The van der Waals surface area contributed by atoms with E-state index in [2.05, 4.69) is 15.4 Å². The molecule has 1 aliphatic carbocycles. The topological polar surface area (TPSA) is 87.3 Å². The van der Waals surface area contributed by atoms with Crippen molar-refractivity contribution in [3.63, 3.8) is 0 Å². The van der Waals surface area contributed by atoms with E-state index in [1.807, 2.05) is 0 Å². The van der Waals surface area contributed by atoms with Crippen LogP contribution in [0, 0.1) is 0 Å². The van der Waals surface area contributed by atoms with E-state index in [-0.39, 0.29) is 12.5 Å². The smallest absolute Gasteiger partial charge is 0.234 e. The summed E-state index contributed by atoms with van der Waals surface area (Å²) in [5.74, 6) is -0.102. The van der Waals surface area contributed by atoms with Crippen LogP contribution < -0.4 is 15.4 Å². The minimum absolute atomic E-state index is 0.102. The largest absolute Gasteiger partial charge is 0.353 e. The molecule has 0 radical (unpaired) electrons. The second-order valence-corrected chi connectivity index (χ2v) is 7.65. The molecule has 0 bridgehead atoms. The molecule has 0 aliphatic heterocycles. The molecule has 0 heterocycles. The summed E-state index contributed by atoms with van der Waals surface area (Å²) in [6, 6.07) is 0.452. The lowest BCUT2D eigenvalue weighted by Gasteiger charge is -2.25. The highest BCUT2D eigenvalue weighted by Crippen LogP contribution is 2.17. The highest BCUT2D eigenvalue weighted by molar-refractivity contribution is 7.88. The molecule has 6 nitrogen and oxygen atoms in total. The Kier molecular flexibility index (Phi) is 5.76. The summed E-state index contributed by atoms with van der Waals surface area (Å²) in [4.78, 5) is 11.7. The lowest BCUT2D eigenvalue weighted by molar-refractivity contribution is -0.120. The molecule has 0 aromatic rings. The van der Waals surface area contributed by atoms with Crippen molar-refractivity contribution in [1.82, 2.24) is 15.4 Å². The molecule has 0 aromatic heterocycles. The number of hydrogen-bond donors (Lipinski definition) is 3. The van der Waals surface area contributed by atoms with Gasteiger partial charge in [0.15, 0.2) is 0 Å². The van der Waals surface area contributed by atoms with E-state index in [9.17, 15) is 13.2 Å². The fourth-order valence-electron chi connectivity index (χ4n) is 2.29. The lowest BCUT2D eigenvalue weighted by Crippen LogP contribution is -2.52. The highest BCUT2D eigenvalue weighted by Gasteiger charge is 2.23. The molecule has 1 fully saturated rings. The van der Waals surface area contributed by atoms with Gasteiger partial charge in [-0.25, -0.2) is 13.1 Å². The van der Waals surface area contributed by atoms with Crippen LogP contribution >= 0.6 is 0 Å². The average Bonchev–Trinajstić information content (AvgIpc) is 2.73. The zero-order valence-electron chi connectivity index (χ0n) is 12.0. The number of carbonyl (C=O) groups is 1. The maximum Gasteiger partial charge on any atom is 0.234 e. The molecule has 0 aromatic carbocycles. The Morgan fingerprint density at radius 2 is 1.84 bits per heavy atom. The van der Waals surface area contributed by atoms with Crippen LogP contribution in [-0.4, -0.2) is 45.3 Å². The molecule has 3 N–H and O–H groups in total. The van der Waals surface area contributed by atoms with Crippen LogP contribution in [0.1, 0.15) is 39.5 Å². The SMILES string of the molecule is CC(C)(CNC(=O)CNC1CCCC1)NS(C)(=O)=O. The van der Waals surface area contributed by atoms with Gasteiger partial charge in [-0.15, -0.1) is 0 Å². The molecule has 0 atom stereocenters. The van der Waals surface area contributed by atoms with Gasteiger partial charge in [-0.1, -0.05) is 12.8 Å². The van der Waals surface area contributed by atoms with Crippen molar-refractivity contribution in [3.05, 3.63) is 0 Å². The van der Waals surface area contributed by atoms with Crippen LogP contribution in [0.5, 0.6) is 0 Å². The van der Waals surface area contributed by atoms with Gasteiger partial charge in [0, 0.05) is 18.1 Å². The Balaban J connectivity index is 2.24. The molecule has 1 saturated carbocycles. The van der Waals surface area contributed by atoms with E-state index in [1.54, 1.807) is 13.8 Å². The molecule has 1 aliphatic rings. The second kappa shape index (κ2) is 6.67. The maximum atomic E-state index is 11.7. The van der Waals surface area contributed by atoms with Gasteiger partial charge >= 0.3 is 0 Å². The second-order valence-electron chi connectivity index (χ2n) is 5.90. The fraction of sp³-hybridized carbons (Fsp3) is 0.917. The summed E-state index contributed by atoms with van der Waals surface area (Å²) in [6.07, 6.45) is 5.83. The normalized spacial score (nSPS) is 17.6. The van der Waals surface area contributed by atoms with Crippen molar-refractivity contribution in [1.29, 1.82) is 0 Å². The Morgan fingerprint density at radius 3 is 2.37 bits per heavy atom. The lowest BCUT2D eigenvalue weighted by atomic mass is 10.1. The number of amides is 1. The van der Waals surface area contributed by atoms with Gasteiger partial charge in [-0.2, -0.15) is 0 Å². The van der Waals surface area contributed by atoms with Crippen molar-refractivity contribution in [2.75, 3.05) is 19.3 Å². The molecule has 1 rings (SSSR count). The van der Waals surface area contributed by atoms with Crippen LogP contribution in [0.4, 0.5) is 0 Å². The molecule has 0 saturated heterocycles. The Labute approximate surface area is 115 Å². The molecule has 7 heteroatoms. The Morgan fingerprint density at radius 1 is 1.26 bits per heavy atom. The number of nitrogens with one attached hydrogen (secondary N) is 3. The van der Waals surface area contributed by atoms with E-state index >= 15 is 0 Å². The summed E-state index contributed by atoms with van der Waals surface area (Å²) < 4.78 is 24.8. The van der Waals surface area contributed by atoms with Crippen LogP contribution in [0.2, 0.25) is 0 Å². The van der Waals surface area contributed by atoms with E-state index in [0.29, 0.717) is 12.6 Å². The summed E-state index contributed by atoms with van der Waals surface area (Å²) in [5.41, 5.74) is -0.684. The average molecular weight is 291 g/mol. The Hall–Kier alpha value is -0.660. The zero-order valence-corrected chi connectivity index (χ0v) is 12.8. The van der Waals surface area contributed by atoms with Crippen molar-refractivity contribution in [2.45, 2.75) is 51.1 Å². The summed E-state index contributed by atoms with van der Waals surface area (Å²) >= 11 is 0. The standard InChI is InChI=1S/C12H25N3O3S/c1-12(2,15-19(3,17)18)9-14-11(16)8-13-10-6-4-5-7-10/h10,13,15H,4-9H2,1-3H3,(H,14,16). The minimum atomic E-state index is -3.27. The van der Waals surface area contributed by atoms with Crippen LogP contribution in [-0.2, 0) is 14.8 Å². The summed E-state index contributed by atoms with van der Waals surface area (Å²) in [7, 11) is -3.27. The van der Waals surface area contributed by atoms with Gasteiger partial charge in [-0.3, -0.25) is 4.79 Å². The number of hydrogen-bond acceptors (Lipinski definition) is 4. The highest BCUT2D eigenvalue weighted by atomic mass is 32.2. The van der Waals surface area contributed by atoms with Gasteiger partial charge in [0.25, 0.3) is 0 Å². The van der Waals surface area contributed by atoms with Gasteiger partial charge < -0.3 is 10.6 Å². The van der Waals surface area contributed by atoms with Crippen molar-refractivity contribution in [3.8, 4) is 0 Å².